The molecular formula is C17H19ClF3N3O5S. The van der Waals surface area contributed by atoms with Crippen LogP contribution in [0.3, 0.4) is 0 Å². The van der Waals surface area contributed by atoms with Crippen LogP contribution in [0.4, 0.5) is 13.2 Å². The van der Waals surface area contributed by atoms with Crippen LogP contribution in [-0.4, -0.2) is 53.6 Å². The average Bonchev–Trinajstić information content (AvgIpc) is 3.01. The van der Waals surface area contributed by atoms with Gasteiger partial charge in [0.15, 0.2) is 17.7 Å². The lowest BCUT2D eigenvalue weighted by Gasteiger charge is -2.24. The first-order valence-electron chi connectivity index (χ1n) is 8.51. The smallest absolute Gasteiger partial charge is 0.425 e. The number of halogens is 4. The van der Waals surface area contributed by atoms with Crippen molar-refractivity contribution in [3.63, 3.8) is 0 Å². The summed E-state index contributed by atoms with van der Waals surface area (Å²) in [4.78, 5) is 20.7. The molecule has 0 radical (unpaired) electrons. The van der Waals surface area contributed by atoms with Gasteiger partial charge in [-0.2, -0.15) is 18.2 Å². The lowest BCUT2D eigenvalue weighted by molar-refractivity contribution is -0.189. The normalized spacial score (nSPS) is 15.5. The van der Waals surface area contributed by atoms with E-state index >= 15 is 0 Å². The van der Waals surface area contributed by atoms with Crippen molar-refractivity contribution in [1.82, 2.24) is 15.1 Å². The van der Waals surface area contributed by atoms with E-state index in [2.05, 4.69) is 15.1 Å². The van der Waals surface area contributed by atoms with Gasteiger partial charge in [-0.05, 0) is 6.92 Å². The number of pyridine rings is 1. The molecule has 2 aromatic rings. The summed E-state index contributed by atoms with van der Waals surface area (Å²) < 4.78 is 71.8. The number of ketones is 1. The molecule has 30 heavy (non-hydrogen) atoms. The van der Waals surface area contributed by atoms with E-state index in [9.17, 15) is 26.4 Å². The van der Waals surface area contributed by atoms with E-state index in [1.807, 2.05) is 0 Å². The van der Waals surface area contributed by atoms with Crippen molar-refractivity contribution >= 4 is 27.2 Å². The Balaban J connectivity index is 2.35. The summed E-state index contributed by atoms with van der Waals surface area (Å²) in [6, 6.07) is 0.981. The molecule has 0 saturated carbocycles. The van der Waals surface area contributed by atoms with Crippen LogP contribution in [0, 0.1) is 6.92 Å². The van der Waals surface area contributed by atoms with Crippen molar-refractivity contribution in [2.45, 2.75) is 44.9 Å². The molecule has 0 aliphatic heterocycles. The Morgan fingerprint density at radius 1 is 1.37 bits per heavy atom. The predicted molar refractivity (Wildman–Crippen MR) is 100 cm³/mol. The first-order chi connectivity index (χ1) is 13.6. The Morgan fingerprint density at radius 3 is 2.50 bits per heavy atom. The van der Waals surface area contributed by atoms with Crippen LogP contribution in [0.15, 0.2) is 16.8 Å². The fourth-order valence-electron chi connectivity index (χ4n) is 2.68. The average molecular weight is 470 g/mol. The van der Waals surface area contributed by atoms with Gasteiger partial charge in [0.05, 0.1) is 17.4 Å². The van der Waals surface area contributed by atoms with Gasteiger partial charge in [0.1, 0.15) is 26.3 Å². The van der Waals surface area contributed by atoms with Gasteiger partial charge in [0.25, 0.3) is 0 Å². The lowest BCUT2D eigenvalue weighted by Crippen LogP contribution is -2.35. The zero-order valence-corrected chi connectivity index (χ0v) is 18.0. The van der Waals surface area contributed by atoms with E-state index in [-0.39, 0.29) is 28.2 Å². The molecule has 2 heterocycles. The standard InChI is InChI=1S/C17H19ClF3N3O5S/c1-9(17(19,20)21)28-14-5-12(22-7-11(14)18)13(25)6-16(3,8-30(4,26)27)15-23-10(2)29-24-15/h5,7,9H,6,8H2,1-4H3/t9-,16?/m0/s1. The topological polar surface area (TPSA) is 112 Å². The molecule has 0 saturated heterocycles. The number of hydrogen-bond acceptors (Lipinski definition) is 8. The number of nitrogens with zero attached hydrogens (tertiary/aromatic N) is 3. The van der Waals surface area contributed by atoms with Crippen LogP contribution in [-0.2, 0) is 15.3 Å². The fourth-order valence-corrected chi connectivity index (χ4v) is 4.22. The van der Waals surface area contributed by atoms with Crippen molar-refractivity contribution in [2.24, 2.45) is 0 Å². The minimum atomic E-state index is -4.64. The lowest BCUT2D eigenvalue weighted by atomic mass is 9.85. The van der Waals surface area contributed by atoms with Crippen molar-refractivity contribution < 1.29 is 35.6 Å². The van der Waals surface area contributed by atoms with E-state index in [0.29, 0.717) is 0 Å². The molecule has 0 N–H and O–H groups in total. The summed E-state index contributed by atoms with van der Waals surface area (Å²) in [7, 11) is -3.56. The van der Waals surface area contributed by atoms with Crippen LogP contribution in [0.5, 0.6) is 5.75 Å². The minimum Gasteiger partial charge on any atom is -0.480 e. The van der Waals surface area contributed by atoms with Gasteiger partial charge < -0.3 is 9.26 Å². The third kappa shape index (κ3) is 6.14. The number of carbonyl (C=O) groups is 1. The number of sulfone groups is 1. The number of hydrogen-bond donors (Lipinski definition) is 0. The molecule has 2 aromatic heterocycles. The van der Waals surface area contributed by atoms with Gasteiger partial charge in [-0.3, -0.25) is 9.78 Å². The van der Waals surface area contributed by atoms with Gasteiger partial charge in [0.2, 0.25) is 5.89 Å². The Labute approximate surface area is 175 Å². The Bertz CT molecular complexity index is 1040. The second-order valence-corrected chi connectivity index (χ2v) is 9.72. The van der Waals surface area contributed by atoms with E-state index in [0.717, 1.165) is 25.4 Å². The number of alkyl halides is 3. The molecule has 2 rings (SSSR count). The summed E-state index contributed by atoms with van der Waals surface area (Å²) in [5, 5.41) is 3.51. The first-order valence-corrected chi connectivity index (χ1v) is 11.0. The molecule has 0 amide bonds. The third-order valence-electron chi connectivity index (χ3n) is 4.07. The Hall–Kier alpha value is -2.21. The Kier molecular flexibility index (Phi) is 6.82. The quantitative estimate of drug-likeness (QED) is 0.541. The maximum atomic E-state index is 12.8. The maximum Gasteiger partial charge on any atom is 0.425 e. The summed E-state index contributed by atoms with van der Waals surface area (Å²) in [6.45, 7) is 3.76. The zero-order chi connectivity index (χ0) is 22.9. The van der Waals surface area contributed by atoms with Gasteiger partial charge in [-0.15, -0.1) is 0 Å². The summed E-state index contributed by atoms with van der Waals surface area (Å²) >= 11 is 5.84. The molecule has 8 nitrogen and oxygen atoms in total. The Morgan fingerprint density at radius 2 is 2.00 bits per heavy atom. The first kappa shape index (κ1) is 24.1. The van der Waals surface area contributed by atoms with E-state index < -0.39 is 45.5 Å². The van der Waals surface area contributed by atoms with Crippen molar-refractivity contribution in [3.05, 3.63) is 34.7 Å². The van der Waals surface area contributed by atoms with Gasteiger partial charge in [-0.25, -0.2) is 8.42 Å². The van der Waals surface area contributed by atoms with Crippen LogP contribution in [0.2, 0.25) is 5.02 Å². The number of carbonyl (C=O) groups excluding carboxylic acids is 1. The molecule has 0 aliphatic carbocycles. The highest BCUT2D eigenvalue weighted by molar-refractivity contribution is 7.90. The zero-order valence-electron chi connectivity index (χ0n) is 16.4. The second-order valence-electron chi connectivity index (χ2n) is 7.17. The van der Waals surface area contributed by atoms with Crippen LogP contribution in [0.25, 0.3) is 0 Å². The molecule has 0 bridgehead atoms. The minimum absolute atomic E-state index is 0.00917. The summed E-state index contributed by atoms with van der Waals surface area (Å²) in [5.41, 5.74) is -1.60. The molecule has 166 valence electrons. The van der Waals surface area contributed by atoms with E-state index in [1.165, 1.54) is 13.8 Å². The number of ether oxygens (including phenoxy) is 1. The highest BCUT2D eigenvalue weighted by atomic mass is 35.5. The molecule has 0 fully saturated rings. The van der Waals surface area contributed by atoms with Gasteiger partial charge >= 0.3 is 6.18 Å². The number of aromatic nitrogens is 3. The number of Topliss-reactive ketones (excluding diaryl/α,β-unsaturated/α-hetero) is 1. The van der Waals surface area contributed by atoms with Crippen LogP contribution in [0.1, 0.15) is 42.5 Å². The predicted octanol–water partition coefficient (Wildman–Crippen LogP) is 3.33. The monoisotopic (exact) mass is 469 g/mol. The molecule has 1 unspecified atom stereocenters. The van der Waals surface area contributed by atoms with Gasteiger partial charge in [-0.1, -0.05) is 23.7 Å². The fraction of sp³-hybridized carbons (Fsp3) is 0.529. The molecule has 0 aliphatic rings. The van der Waals surface area contributed by atoms with E-state index in [1.54, 1.807) is 0 Å². The second kappa shape index (κ2) is 8.50. The molecule has 0 spiro atoms. The highest BCUT2D eigenvalue weighted by Gasteiger charge is 2.40. The largest absolute Gasteiger partial charge is 0.480 e. The highest BCUT2D eigenvalue weighted by Crippen LogP contribution is 2.32. The number of rotatable bonds is 8. The van der Waals surface area contributed by atoms with Crippen LogP contribution >= 0.6 is 11.6 Å². The molecule has 0 aromatic carbocycles. The number of aryl methyl sites for hydroxylation is 1. The summed E-state index contributed by atoms with van der Waals surface area (Å²) in [5.74, 6) is -1.31. The van der Waals surface area contributed by atoms with Crippen LogP contribution < -0.4 is 4.74 Å². The van der Waals surface area contributed by atoms with Gasteiger partial charge in [0, 0.05) is 25.7 Å². The maximum absolute atomic E-state index is 12.8. The van der Waals surface area contributed by atoms with Crippen molar-refractivity contribution in [1.29, 1.82) is 0 Å². The SMILES string of the molecule is Cc1nc(C(C)(CC(=O)c2cc(O[C@@H](C)C(F)(F)F)c(Cl)cn2)CS(C)(=O)=O)no1. The van der Waals surface area contributed by atoms with Crippen molar-refractivity contribution in [3.8, 4) is 5.75 Å². The summed E-state index contributed by atoms with van der Waals surface area (Å²) in [6.07, 6.45) is -5.23. The molecular weight excluding hydrogens is 451 g/mol. The van der Waals surface area contributed by atoms with Crippen molar-refractivity contribution in [2.75, 3.05) is 12.0 Å². The van der Waals surface area contributed by atoms with E-state index in [4.69, 9.17) is 20.9 Å². The molecule has 2 atom stereocenters. The molecule has 13 heteroatoms. The third-order valence-corrected chi connectivity index (χ3v) is 5.51.